The van der Waals surface area contributed by atoms with Gasteiger partial charge in [-0.3, -0.25) is 0 Å². The Kier molecular flexibility index (Phi) is 3.92. The Hall–Kier alpha value is -1.79. The van der Waals surface area contributed by atoms with Gasteiger partial charge in [0.25, 0.3) is 12.3 Å². The summed E-state index contributed by atoms with van der Waals surface area (Å²) < 4.78 is 31.6. The van der Waals surface area contributed by atoms with Crippen LogP contribution in [0.15, 0.2) is 6.20 Å². The predicted octanol–water partition coefficient (Wildman–Crippen LogP) is 2.61. The third-order valence-corrected chi connectivity index (χ3v) is 2.61. The van der Waals surface area contributed by atoms with Crippen LogP contribution in [-0.2, 0) is 6.54 Å². The summed E-state index contributed by atoms with van der Waals surface area (Å²) in [4.78, 5) is 8.59. The van der Waals surface area contributed by atoms with Crippen molar-refractivity contribution in [1.82, 2.24) is 19.7 Å². The van der Waals surface area contributed by atoms with Crippen molar-refractivity contribution in [2.24, 2.45) is 0 Å². The van der Waals surface area contributed by atoms with E-state index in [1.165, 1.54) is 0 Å². The largest absolute Gasteiger partial charge is 0.475 e. The molecule has 0 aromatic carbocycles. The molecule has 0 bridgehead atoms. The Morgan fingerprint density at radius 3 is 2.68 bits per heavy atom. The van der Waals surface area contributed by atoms with Gasteiger partial charge in [-0.25, -0.2) is 23.4 Å². The lowest BCUT2D eigenvalue weighted by Crippen LogP contribution is -2.09. The molecule has 0 N–H and O–H groups in total. The fraction of sp³-hybridized carbons (Fsp3) is 0.583. The van der Waals surface area contributed by atoms with E-state index in [4.69, 9.17) is 4.74 Å². The summed E-state index contributed by atoms with van der Waals surface area (Å²) in [6.07, 6.45) is -0.869. The molecule has 2 aromatic heterocycles. The van der Waals surface area contributed by atoms with Gasteiger partial charge in [0, 0.05) is 6.20 Å². The van der Waals surface area contributed by atoms with E-state index in [9.17, 15) is 8.78 Å². The minimum atomic E-state index is -2.50. The van der Waals surface area contributed by atoms with Crippen LogP contribution in [-0.4, -0.2) is 32.8 Å². The summed E-state index contributed by atoms with van der Waals surface area (Å²) in [7, 11) is 0. The maximum absolute atomic E-state index is 12.6. The molecule has 0 atom stereocenters. The van der Waals surface area contributed by atoms with E-state index < -0.39 is 13.0 Å². The van der Waals surface area contributed by atoms with Gasteiger partial charge in [-0.15, -0.1) is 5.10 Å². The molecule has 2 heterocycles. The maximum Gasteiger partial charge on any atom is 0.261 e. The molecular formula is C12H16F2N4O. The van der Waals surface area contributed by atoms with E-state index in [1.807, 2.05) is 13.8 Å². The zero-order valence-corrected chi connectivity index (χ0v) is 11.1. The average Bonchev–Trinajstić information content (AvgIpc) is 2.67. The second-order valence-electron chi connectivity index (χ2n) is 4.43. The summed E-state index contributed by atoms with van der Waals surface area (Å²) in [6.45, 7) is 5.61. The zero-order valence-electron chi connectivity index (χ0n) is 11.1. The monoisotopic (exact) mass is 270 g/mol. The molecule has 2 aromatic rings. The van der Waals surface area contributed by atoms with Crippen molar-refractivity contribution in [2.75, 3.05) is 6.61 Å². The molecule has 0 amide bonds. The number of rotatable bonds is 5. The van der Waals surface area contributed by atoms with Crippen LogP contribution in [0, 0.1) is 0 Å². The highest BCUT2D eigenvalue weighted by Gasteiger charge is 2.18. The zero-order chi connectivity index (χ0) is 14.0. The minimum absolute atomic E-state index is 0.169. The molecule has 104 valence electrons. The molecule has 0 aliphatic rings. The first-order chi connectivity index (χ1) is 9.02. The molecule has 7 heteroatoms. The molecule has 19 heavy (non-hydrogen) atoms. The number of alkyl halides is 2. The van der Waals surface area contributed by atoms with Crippen molar-refractivity contribution >= 4 is 11.2 Å². The summed E-state index contributed by atoms with van der Waals surface area (Å²) in [5.41, 5.74) is 1.51. The van der Waals surface area contributed by atoms with E-state index in [2.05, 4.69) is 15.1 Å². The number of fused-ring (bicyclic) bond motifs is 1. The van der Waals surface area contributed by atoms with Gasteiger partial charge in [0.1, 0.15) is 6.54 Å². The molecule has 0 fully saturated rings. The maximum atomic E-state index is 12.6. The van der Waals surface area contributed by atoms with Crippen LogP contribution in [0.25, 0.3) is 11.2 Å². The Labute approximate surface area is 109 Å². The minimum Gasteiger partial charge on any atom is -0.475 e. The number of halogens is 2. The fourth-order valence-electron chi connectivity index (χ4n) is 1.70. The van der Waals surface area contributed by atoms with Crippen molar-refractivity contribution in [3.05, 3.63) is 11.9 Å². The van der Waals surface area contributed by atoms with E-state index in [1.54, 1.807) is 13.1 Å². The normalized spacial score (nSPS) is 11.7. The number of hydrogen-bond donors (Lipinski definition) is 0. The van der Waals surface area contributed by atoms with E-state index in [0.29, 0.717) is 17.8 Å². The van der Waals surface area contributed by atoms with Crippen LogP contribution in [0.5, 0.6) is 5.88 Å². The van der Waals surface area contributed by atoms with Crippen LogP contribution < -0.4 is 4.74 Å². The van der Waals surface area contributed by atoms with Crippen molar-refractivity contribution in [3.8, 4) is 5.88 Å². The van der Waals surface area contributed by atoms with Gasteiger partial charge in [0.05, 0.1) is 12.3 Å². The Morgan fingerprint density at radius 1 is 1.37 bits per heavy atom. The topological polar surface area (TPSA) is 52.8 Å². The van der Waals surface area contributed by atoms with E-state index in [0.717, 1.165) is 10.4 Å². The standard InChI is InChI=1S/C12H16F2N4O/c1-4-19-12-10-11(18(17-12)6-9(13)14)16-8(5-15-10)7(2)3/h5,7,9H,4,6H2,1-3H3. The van der Waals surface area contributed by atoms with Gasteiger partial charge >= 0.3 is 0 Å². The molecular weight excluding hydrogens is 254 g/mol. The molecule has 0 saturated heterocycles. The molecule has 5 nitrogen and oxygen atoms in total. The van der Waals surface area contributed by atoms with Gasteiger partial charge in [-0.2, -0.15) is 0 Å². The van der Waals surface area contributed by atoms with E-state index >= 15 is 0 Å². The van der Waals surface area contributed by atoms with Crippen molar-refractivity contribution in [1.29, 1.82) is 0 Å². The summed E-state index contributed by atoms with van der Waals surface area (Å²) in [6, 6.07) is 0. The average molecular weight is 270 g/mol. The van der Waals surface area contributed by atoms with Crippen LogP contribution in [0.3, 0.4) is 0 Å². The third kappa shape index (κ3) is 2.80. The lowest BCUT2D eigenvalue weighted by molar-refractivity contribution is 0.122. The third-order valence-electron chi connectivity index (χ3n) is 2.61. The first-order valence-electron chi connectivity index (χ1n) is 6.17. The first-order valence-corrected chi connectivity index (χ1v) is 6.17. The smallest absolute Gasteiger partial charge is 0.261 e. The highest BCUT2D eigenvalue weighted by molar-refractivity contribution is 5.76. The van der Waals surface area contributed by atoms with Gasteiger partial charge in [-0.1, -0.05) is 13.8 Å². The van der Waals surface area contributed by atoms with Gasteiger partial charge in [-0.05, 0) is 12.8 Å². The number of hydrogen-bond acceptors (Lipinski definition) is 4. The lowest BCUT2D eigenvalue weighted by atomic mass is 10.1. The molecule has 0 spiro atoms. The fourth-order valence-corrected chi connectivity index (χ4v) is 1.70. The first kappa shape index (κ1) is 13.6. The summed E-state index contributed by atoms with van der Waals surface area (Å²) in [5, 5.41) is 4.01. The number of aromatic nitrogens is 4. The second kappa shape index (κ2) is 5.46. The van der Waals surface area contributed by atoms with Crippen LogP contribution in [0.1, 0.15) is 32.4 Å². The highest BCUT2D eigenvalue weighted by Crippen LogP contribution is 2.24. The van der Waals surface area contributed by atoms with Gasteiger partial charge in [0.2, 0.25) is 0 Å². The Bertz CT molecular complexity index is 568. The predicted molar refractivity (Wildman–Crippen MR) is 66.6 cm³/mol. The van der Waals surface area contributed by atoms with Gasteiger partial charge in [0.15, 0.2) is 11.2 Å². The van der Waals surface area contributed by atoms with Crippen molar-refractivity contribution in [3.63, 3.8) is 0 Å². The summed E-state index contributed by atoms with van der Waals surface area (Å²) in [5.74, 6) is 0.420. The SMILES string of the molecule is CCOc1nn(CC(F)F)c2nc(C(C)C)cnc12. The Morgan fingerprint density at radius 2 is 2.11 bits per heavy atom. The van der Waals surface area contributed by atoms with Crippen molar-refractivity contribution in [2.45, 2.75) is 39.7 Å². The van der Waals surface area contributed by atoms with Crippen LogP contribution >= 0.6 is 0 Å². The quantitative estimate of drug-likeness (QED) is 0.838. The molecule has 2 rings (SSSR count). The summed E-state index contributed by atoms with van der Waals surface area (Å²) >= 11 is 0. The van der Waals surface area contributed by atoms with Crippen molar-refractivity contribution < 1.29 is 13.5 Å². The van der Waals surface area contributed by atoms with E-state index in [-0.39, 0.29) is 11.8 Å². The van der Waals surface area contributed by atoms with Gasteiger partial charge < -0.3 is 4.74 Å². The van der Waals surface area contributed by atoms with Crippen LogP contribution in [0.2, 0.25) is 0 Å². The highest BCUT2D eigenvalue weighted by atomic mass is 19.3. The number of ether oxygens (including phenoxy) is 1. The molecule has 0 aliphatic heterocycles. The second-order valence-corrected chi connectivity index (χ2v) is 4.43. The molecule has 0 unspecified atom stereocenters. The molecule has 0 saturated carbocycles. The molecule has 0 aliphatic carbocycles. The van der Waals surface area contributed by atoms with Crippen LogP contribution in [0.4, 0.5) is 8.78 Å². The number of nitrogens with zero attached hydrogens (tertiary/aromatic N) is 4. The lowest BCUT2D eigenvalue weighted by Gasteiger charge is -2.05. The Balaban J connectivity index is 2.54. The molecule has 0 radical (unpaired) electrons.